The molecule has 0 spiro atoms. The van der Waals surface area contributed by atoms with Gasteiger partial charge >= 0.3 is 0 Å². The predicted octanol–water partition coefficient (Wildman–Crippen LogP) is 3.89. The molecule has 0 bridgehead atoms. The van der Waals surface area contributed by atoms with E-state index in [0.717, 1.165) is 6.07 Å². The van der Waals surface area contributed by atoms with E-state index in [1.807, 2.05) is 0 Å². The average Bonchev–Trinajstić information content (AvgIpc) is 2.68. The fourth-order valence-electron chi connectivity index (χ4n) is 2.51. The normalized spacial score (nSPS) is 10.9. The molecule has 0 radical (unpaired) electrons. The summed E-state index contributed by atoms with van der Waals surface area (Å²) >= 11 is 0. The van der Waals surface area contributed by atoms with Crippen LogP contribution in [0.1, 0.15) is 10.4 Å². The monoisotopic (exact) mass is 400 g/mol. The number of rotatable bonds is 6. The van der Waals surface area contributed by atoms with Crippen LogP contribution in [0.25, 0.3) is 0 Å². The highest BCUT2D eigenvalue weighted by molar-refractivity contribution is 7.92. The maximum Gasteiger partial charge on any atom is 0.261 e. The zero-order chi connectivity index (χ0) is 20.1. The lowest BCUT2D eigenvalue weighted by Crippen LogP contribution is -2.16. The molecule has 0 unspecified atom stereocenters. The van der Waals surface area contributed by atoms with Crippen LogP contribution in [0.15, 0.2) is 77.7 Å². The molecule has 0 fully saturated rings. The number of ether oxygens (including phenoxy) is 1. The Hall–Kier alpha value is -3.39. The van der Waals surface area contributed by atoms with Crippen molar-refractivity contribution in [2.75, 3.05) is 17.1 Å². The first-order valence-corrected chi connectivity index (χ1v) is 9.71. The summed E-state index contributed by atoms with van der Waals surface area (Å²) in [4.78, 5) is 12.3. The maximum absolute atomic E-state index is 13.8. The third-order valence-corrected chi connectivity index (χ3v) is 5.25. The minimum Gasteiger partial charge on any atom is -0.495 e. The third kappa shape index (κ3) is 4.29. The molecule has 144 valence electrons. The number of nitrogens with one attached hydrogen (secondary N) is 2. The lowest BCUT2D eigenvalue weighted by atomic mass is 10.2. The number of hydrogen-bond acceptors (Lipinski definition) is 4. The van der Waals surface area contributed by atoms with Crippen molar-refractivity contribution in [3.05, 3.63) is 84.2 Å². The van der Waals surface area contributed by atoms with Crippen LogP contribution < -0.4 is 14.8 Å². The van der Waals surface area contributed by atoms with E-state index in [4.69, 9.17) is 4.74 Å². The summed E-state index contributed by atoms with van der Waals surface area (Å²) in [7, 11) is -2.52. The van der Waals surface area contributed by atoms with Crippen LogP contribution in [0.2, 0.25) is 0 Å². The molecular weight excluding hydrogens is 383 g/mol. The summed E-state index contributed by atoms with van der Waals surface area (Å²) in [5.41, 5.74) is 0.335. The van der Waals surface area contributed by atoms with Crippen LogP contribution in [-0.2, 0) is 10.0 Å². The van der Waals surface area contributed by atoms with Gasteiger partial charge < -0.3 is 10.1 Å². The quantitative estimate of drug-likeness (QED) is 0.658. The Labute approximate surface area is 162 Å². The Morgan fingerprint density at radius 2 is 1.64 bits per heavy atom. The number of carbonyl (C=O) groups is 1. The number of amides is 1. The van der Waals surface area contributed by atoms with Crippen molar-refractivity contribution in [3.63, 3.8) is 0 Å². The van der Waals surface area contributed by atoms with E-state index < -0.39 is 21.7 Å². The van der Waals surface area contributed by atoms with Crippen LogP contribution in [-0.4, -0.2) is 21.4 Å². The van der Waals surface area contributed by atoms with E-state index in [1.165, 1.54) is 43.5 Å². The molecule has 0 heterocycles. The molecule has 6 nitrogen and oxygen atoms in total. The van der Waals surface area contributed by atoms with Gasteiger partial charge in [-0.3, -0.25) is 9.52 Å². The number of hydrogen-bond donors (Lipinski definition) is 2. The van der Waals surface area contributed by atoms with E-state index in [1.54, 1.807) is 30.3 Å². The van der Waals surface area contributed by atoms with Crippen molar-refractivity contribution >= 4 is 27.3 Å². The summed E-state index contributed by atoms with van der Waals surface area (Å²) in [6.45, 7) is 0. The highest BCUT2D eigenvalue weighted by atomic mass is 32.2. The van der Waals surface area contributed by atoms with Gasteiger partial charge in [0.05, 0.1) is 23.3 Å². The Morgan fingerprint density at radius 3 is 2.32 bits per heavy atom. The maximum atomic E-state index is 13.8. The average molecular weight is 400 g/mol. The number of methoxy groups -OCH3 is 1. The molecule has 1 amide bonds. The van der Waals surface area contributed by atoms with Gasteiger partial charge in [0.15, 0.2) is 0 Å². The van der Waals surface area contributed by atoms with Crippen molar-refractivity contribution in [1.82, 2.24) is 0 Å². The Kier molecular flexibility index (Phi) is 5.60. The molecule has 0 aromatic heterocycles. The number of anilines is 2. The summed E-state index contributed by atoms with van der Waals surface area (Å²) in [6.07, 6.45) is 0. The van der Waals surface area contributed by atoms with Gasteiger partial charge in [-0.2, -0.15) is 0 Å². The number of benzene rings is 3. The minimum absolute atomic E-state index is 0.0824. The molecular formula is C20H17FN2O4S. The number of sulfonamides is 1. The fraction of sp³-hybridized carbons (Fsp3) is 0.0500. The lowest BCUT2D eigenvalue weighted by Gasteiger charge is -2.13. The second-order valence-corrected chi connectivity index (χ2v) is 7.45. The summed E-state index contributed by atoms with van der Waals surface area (Å²) < 4.78 is 46.7. The van der Waals surface area contributed by atoms with Crippen molar-refractivity contribution in [3.8, 4) is 5.75 Å². The summed E-state index contributed by atoms with van der Waals surface area (Å²) in [6, 6.07) is 17.9. The van der Waals surface area contributed by atoms with Crippen molar-refractivity contribution in [2.24, 2.45) is 0 Å². The van der Waals surface area contributed by atoms with E-state index in [-0.39, 0.29) is 21.9 Å². The second kappa shape index (κ2) is 8.10. The van der Waals surface area contributed by atoms with Gasteiger partial charge in [-0.25, -0.2) is 12.8 Å². The molecule has 0 atom stereocenters. The zero-order valence-corrected chi connectivity index (χ0v) is 15.7. The third-order valence-electron chi connectivity index (χ3n) is 3.87. The molecule has 0 aliphatic rings. The van der Waals surface area contributed by atoms with Crippen LogP contribution in [0.5, 0.6) is 5.75 Å². The van der Waals surface area contributed by atoms with Gasteiger partial charge in [0.25, 0.3) is 15.9 Å². The Morgan fingerprint density at radius 1 is 0.964 bits per heavy atom. The lowest BCUT2D eigenvalue weighted by molar-refractivity contribution is 0.102. The van der Waals surface area contributed by atoms with Crippen LogP contribution >= 0.6 is 0 Å². The Bertz CT molecular complexity index is 1100. The fourth-order valence-corrected chi connectivity index (χ4v) is 3.59. The molecule has 2 N–H and O–H groups in total. The molecule has 0 saturated heterocycles. The highest BCUT2D eigenvalue weighted by Gasteiger charge is 2.19. The van der Waals surface area contributed by atoms with Crippen molar-refractivity contribution < 1.29 is 22.3 Å². The zero-order valence-electron chi connectivity index (χ0n) is 14.8. The first-order chi connectivity index (χ1) is 13.4. The van der Waals surface area contributed by atoms with Gasteiger partial charge in [0, 0.05) is 5.69 Å². The van der Waals surface area contributed by atoms with Gasteiger partial charge in [-0.15, -0.1) is 0 Å². The molecule has 0 saturated carbocycles. The highest BCUT2D eigenvalue weighted by Crippen LogP contribution is 2.29. The van der Waals surface area contributed by atoms with Crippen molar-refractivity contribution in [1.29, 1.82) is 0 Å². The number of para-hydroxylation sites is 1. The summed E-state index contributed by atoms with van der Waals surface area (Å²) in [5, 5.41) is 2.50. The molecule has 0 aliphatic heterocycles. The largest absolute Gasteiger partial charge is 0.495 e. The smallest absolute Gasteiger partial charge is 0.261 e. The van der Waals surface area contributed by atoms with E-state index >= 15 is 0 Å². The molecule has 8 heteroatoms. The van der Waals surface area contributed by atoms with Crippen LogP contribution in [0, 0.1) is 5.82 Å². The van der Waals surface area contributed by atoms with Crippen LogP contribution in [0.3, 0.4) is 0 Å². The first-order valence-electron chi connectivity index (χ1n) is 8.22. The SMILES string of the molecule is COc1ccc(S(=O)(=O)Nc2ccccc2)cc1NC(=O)c1ccccc1F. The second-order valence-electron chi connectivity index (χ2n) is 5.77. The van der Waals surface area contributed by atoms with Crippen LogP contribution in [0.4, 0.5) is 15.8 Å². The minimum atomic E-state index is -3.90. The predicted molar refractivity (Wildman–Crippen MR) is 105 cm³/mol. The summed E-state index contributed by atoms with van der Waals surface area (Å²) in [5.74, 6) is -1.17. The molecule has 3 aromatic rings. The Balaban J connectivity index is 1.92. The van der Waals surface area contributed by atoms with Gasteiger partial charge in [-0.1, -0.05) is 30.3 Å². The molecule has 0 aliphatic carbocycles. The van der Waals surface area contributed by atoms with E-state index in [2.05, 4.69) is 10.0 Å². The van der Waals surface area contributed by atoms with Gasteiger partial charge in [0.1, 0.15) is 11.6 Å². The number of halogens is 1. The standard InChI is InChI=1S/C20H17FN2O4S/c1-27-19-12-11-15(28(25,26)23-14-7-3-2-4-8-14)13-18(19)22-20(24)16-9-5-6-10-17(16)21/h2-13,23H,1H3,(H,22,24). The van der Waals surface area contributed by atoms with Gasteiger partial charge in [0.2, 0.25) is 0 Å². The topological polar surface area (TPSA) is 84.5 Å². The molecule has 3 rings (SSSR count). The van der Waals surface area contributed by atoms with E-state index in [0.29, 0.717) is 5.69 Å². The first kappa shape index (κ1) is 19.4. The van der Waals surface area contributed by atoms with E-state index in [9.17, 15) is 17.6 Å². The number of carbonyl (C=O) groups excluding carboxylic acids is 1. The van der Waals surface area contributed by atoms with Crippen molar-refractivity contribution in [2.45, 2.75) is 4.90 Å². The molecule has 28 heavy (non-hydrogen) atoms. The molecule has 3 aromatic carbocycles. The van der Waals surface area contributed by atoms with Gasteiger partial charge in [-0.05, 0) is 42.5 Å².